The van der Waals surface area contributed by atoms with Crippen molar-refractivity contribution in [2.24, 2.45) is 4.99 Å². The molecule has 2 aromatic heterocycles. The Morgan fingerprint density at radius 1 is 1.14 bits per heavy atom. The first kappa shape index (κ1) is 26.1. The summed E-state index contributed by atoms with van der Waals surface area (Å²) in [7, 11) is 1.55. The van der Waals surface area contributed by atoms with Crippen LogP contribution in [0.15, 0.2) is 62.8 Å². The average Bonchev–Trinajstić information content (AvgIpc) is 3.49. The highest BCUT2D eigenvalue weighted by Crippen LogP contribution is 2.31. The SMILES string of the molecule is CCCCCOc1ccc(C2C(C(=O)OCCOC)=C(C)N=c3sc(=Cc4cccs4)c(=O)n32)cc1. The number of thiophene rings is 1. The first-order valence-corrected chi connectivity index (χ1v) is 13.7. The standard InChI is InChI=1S/C27H30N2O5S2/c1-4-5-6-13-33-20-11-9-19(10-12-20)24-23(26(31)34-15-14-32-3)18(2)28-27-29(24)25(30)22(36-27)17-21-8-7-16-35-21/h7-12,16-17,24H,4-6,13-15H2,1-3H3. The number of methoxy groups -OCH3 is 1. The second-order valence-electron chi connectivity index (χ2n) is 8.35. The summed E-state index contributed by atoms with van der Waals surface area (Å²) in [5.41, 5.74) is 1.48. The van der Waals surface area contributed by atoms with E-state index in [4.69, 9.17) is 14.2 Å². The minimum atomic E-state index is -0.657. The van der Waals surface area contributed by atoms with Gasteiger partial charge in [0.25, 0.3) is 5.56 Å². The Bertz CT molecular complexity index is 1390. The second-order valence-corrected chi connectivity index (χ2v) is 10.3. The highest BCUT2D eigenvalue weighted by atomic mass is 32.1. The van der Waals surface area contributed by atoms with Crippen LogP contribution in [0.5, 0.6) is 5.75 Å². The molecule has 3 aromatic rings. The molecule has 0 N–H and O–H groups in total. The van der Waals surface area contributed by atoms with Gasteiger partial charge in [-0.25, -0.2) is 9.79 Å². The van der Waals surface area contributed by atoms with Crippen molar-refractivity contribution in [2.75, 3.05) is 26.9 Å². The largest absolute Gasteiger partial charge is 0.494 e. The van der Waals surface area contributed by atoms with Crippen molar-refractivity contribution in [1.29, 1.82) is 0 Å². The number of hydrogen-bond acceptors (Lipinski definition) is 8. The van der Waals surface area contributed by atoms with Gasteiger partial charge in [0.2, 0.25) is 0 Å². The number of carbonyl (C=O) groups is 1. The van der Waals surface area contributed by atoms with Crippen molar-refractivity contribution in [1.82, 2.24) is 4.57 Å². The molecule has 1 aliphatic heterocycles. The van der Waals surface area contributed by atoms with Crippen LogP contribution in [-0.4, -0.2) is 37.5 Å². The van der Waals surface area contributed by atoms with Gasteiger partial charge < -0.3 is 14.2 Å². The Morgan fingerprint density at radius 2 is 1.94 bits per heavy atom. The smallest absolute Gasteiger partial charge is 0.338 e. The van der Waals surface area contributed by atoms with Crippen molar-refractivity contribution in [2.45, 2.75) is 39.2 Å². The van der Waals surface area contributed by atoms with Crippen molar-refractivity contribution in [3.8, 4) is 5.75 Å². The summed E-state index contributed by atoms with van der Waals surface area (Å²) < 4.78 is 18.5. The van der Waals surface area contributed by atoms with Crippen molar-refractivity contribution in [3.05, 3.63) is 83.2 Å². The fourth-order valence-corrected chi connectivity index (χ4v) is 5.75. The van der Waals surface area contributed by atoms with E-state index in [1.165, 1.54) is 11.3 Å². The maximum Gasteiger partial charge on any atom is 0.338 e. The summed E-state index contributed by atoms with van der Waals surface area (Å²) in [6.45, 7) is 4.99. The van der Waals surface area contributed by atoms with Gasteiger partial charge in [-0.2, -0.15) is 0 Å². The third kappa shape index (κ3) is 5.86. The molecular weight excluding hydrogens is 496 g/mol. The normalized spacial score (nSPS) is 15.5. The van der Waals surface area contributed by atoms with Crippen molar-refractivity contribution >= 4 is 34.7 Å². The Hall–Kier alpha value is -3.01. The van der Waals surface area contributed by atoms with Gasteiger partial charge in [0.15, 0.2) is 4.80 Å². The van der Waals surface area contributed by atoms with Crippen LogP contribution < -0.4 is 19.6 Å². The Labute approximate surface area is 218 Å². The number of benzene rings is 1. The zero-order chi connectivity index (χ0) is 25.5. The quantitative estimate of drug-likeness (QED) is 0.278. The number of rotatable bonds is 11. The molecule has 9 heteroatoms. The predicted molar refractivity (Wildman–Crippen MR) is 142 cm³/mol. The molecule has 1 aliphatic rings. The van der Waals surface area contributed by atoms with E-state index in [1.807, 2.05) is 47.9 Å². The molecule has 0 aliphatic carbocycles. The number of hydrogen-bond donors (Lipinski definition) is 0. The first-order chi connectivity index (χ1) is 17.5. The summed E-state index contributed by atoms with van der Waals surface area (Å²) in [6.07, 6.45) is 5.12. The molecule has 0 amide bonds. The number of fused-ring (bicyclic) bond motifs is 1. The van der Waals surface area contributed by atoms with Crippen LogP contribution in [0.2, 0.25) is 0 Å². The number of esters is 1. The molecule has 1 unspecified atom stereocenters. The number of allylic oxidation sites excluding steroid dienone is 1. The van der Waals surface area contributed by atoms with Gasteiger partial charge in [-0.1, -0.05) is 49.3 Å². The molecule has 0 radical (unpaired) electrons. The van der Waals surface area contributed by atoms with Gasteiger partial charge in [-0.3, -0.25) is 9.36 Å². The summed E-state index contributed by atoms with van der Waals surface area (Å²) in [5, 5.41) is 1.97. The van der Waals surface area contributed by atoms with E-state index in [-0.39, 0.29) is 18.8 Å². The molecule has 1 aromatic carbocycles. The fraction of sp³-hybridized carbons (Fsp3) is 0.370. The zero-order valence-electron chi connectivity index (χ0n) is 20.7. The second kappa shape index (κ2) is 12.3. The minimum absolute atomic E-state index is 0.117. The fourth-order valence-electron chi connectivity index (χ4n) is 3.98. The highest BCUT2D eigenvalue weighted by molar-refractivity contribution is 7.11. The summed E-state index contributed by atoms with van der Waals surface area (Å²) >= 11 is 2.88. The van der Waals surface area contributed by atoms with Gasteiger partial charge in [-0.05, 0) is 48.6 Å². The minimum Gasteiger partial charge on any atom is -0.494 e. The number of ether oxygens (including phenoxy) is 3. The van der Waals surface area contributed by atoms with Crippen LogP contribution in [0, 0.1) is 0 Å². The third-order valence-electron chi connectivity index (χ3n) is 5.79. The van der Waals surface area contributed by atoms with Crippen LogP contribution in [0.3, 0.4) is 0 Å². The molecule has 1 atom stereocenters. The van der Waals surface area contributed by atoms with Gasteiger partial charge in [-0.15, -0.1) is 11.3 Å². The van der Waals surface area contributed by atoms with Crippen LogP contribution in [-0.2, 0) is 14.3 Å². The van der Waals surface area contributed by atoms with Gasteiger partial charge >= 0.3 is 5.97 Å². The van der Waals surface area contributed by atoms with E-state index in [0.717, 1.165) is 35.5 Å². The number of thiazole rings is 1. The molecule has 0 spiro atoms. The number of nitrogens with zero attached hydrogens (tertiary/aromatic N) is 2. The van der Waals surface area contributed by atoms with Crippen molar-refractivity contribution in [3.63, 3.8) is 0 Å². The van der Waals surface area contributed by atoms with E-state index in [0.29, 0.717) is 27.2 Å². The predicted octanol–water partition coefficient (Wildman–Crippen LogP) is 4.06. The summed E-state index contributed by atoms with van der Waals surface area (Å²) in [6, 6.07) is 10.8. The third-order valence-corrected chi connectivity index (χ3v) is 7.59. The number of carbonyl (C=O) groups excluding carboxylic acids is 1. The molecule has 0 saturated carbocycles. The average molecular weight is 527 g/mol. The van der Waals surface area contributed by atoms with E-state index < -0.39 is 12.0 Å². The Kier molecular flexibility index (Phi) is 8.90. The monoisotopic (exact) mass is 526 g/mol. The van der Waals surface area contributed by atoms with Crippen LogP contribution in [0.25, 0.3) is 6.08 Å². The van der Waals surface area contributed by atoms with E-state index in [2.05, 4.69) is 11.9 Å². The van der Waals surface area contributed by atoms with Gasteiger partial charge in [0.1, 0.15) is 12.4 Å². The topological polar surface area (TPSA) is 79.1 Å². The molecule has 190 valence electrons. The number of aromatic nitrogens is 1. The van der Waals surface area contributed by atoms with Crippen molar-refractivity contribution < 1.29 is 19.0 Å². The molecule has 0 saturated heterocycles. The lowest BCUT2D eigenvalue weighted by Gasteiger charge is -2.25. The van der Waals surface area contributed by atoms with E-state index in [1.54, 1.807) is 29.9 Å². The van der Waals surface area contributed by atoms with Crippen LogP contribution >= 0.6 is 22.7 Å². The van der Waals surface area contributed by atoms with Crippen LogP contribution in [0.4, 0.5) is 0 Å². The van der Waals surface area contributed by atoms with E-state index >= 15 is 0 Å². The molecule has 4 rings (SSSR count). The lowest BCUT2D eigenvalue weighted by molar-refractivity contribution is -0.140. The van der Waals surface area contributed by atoms with E-state index in [9.17, 15) is 9.59 Å². The molecule has 7 nitrogen and oxygen atoms in total. The highest BCUT2D eigenvalue weighted by Gasteiger charge is 2.33. The number of unbranched alkanes of at least 4 members (excludes halogenated alkanes) is 2. The lowest BCUT2D eigenvalue weighted by atomic mass is 9.96. The molecule has 0 bridgehead atoms. The zero-order valence-corrected chi connectivity index (χ0v) is 22.3. The molecule has 3 heterocycles. The van der Waals surface area contributed by atoms with Gasteiger partial charge in [0.05, 0.1) is 35.1 Å². The van der Waals surface area contributed by atoms with Crippen LogP contribution in [0.1, 0.15) is 49.6 Å². The molecular formula is C27H30N2O5S2. The summed E-state index contributed by atoms with van der Waals surface area (Å²) in [4.78, 5) is 32.9. The Morgan fingerprint density at radius 3 is 2.64 bits per heavy atom. The molecule has 36 heavy (non-hydrogen) atoms. The molecule has 0 fully saturated rings. The first-order valence-electron chi connectivity index (χ1n) is 12.0. The summed E-state index contributed by atoms with van der Waals surface area (Å²) in [5.74, 6) is 0.246. The maximum atomic E-state index is 13.6. The van der Waals surface area contributed by atoms with Gasteiger partial charge in [0, 0.05) is 12.0 Å². The Balaban J connectivity index is 1.75. The maximum absolute atomic E-state index is 13.6. The lowest BCUT2D eigenvalue weighted by Crippen LogP contribution is -2.40.